The molecule has 1 atom stereocenters. The Morgan fingerprint density at radius 3 is 2.44 bits per heavy atom. The van der Waals surface area contributed by atoms with Gasteiger partial charge in [0.25, 0.3) is 0 Å². The van der Waals surface area contributed by atoms with Gasteiger partial charge < -0.3 is 5.11 Å². The molecule has 1 heteroatoms. The molecule has 0 aliphatic carbocycles. The van der Waals surface area contributed by atoms with Crippen LogP contribution in [0, 0.1) is 5.41 Å². The predicted molar refractivity (Wildman–Crippen MR) is 69.4 cm³/mol. The summed E-state index contributed by atoms with van der Waals surface area (Å²) < 4.78 is 0. The van der Waals surface area contributed by atoms with Gasteiger partial charge in [-0.05, 0) is 11.0 Å². The van der Waals surface area contributed by atoms with Crippen LogP contribution in [-0.2, 0) is 0 Å². The Hall–Kier alpha value is -1.34. The minimum absolute atomic E-state index is 0.0359. The SMILES string of the molecule is C=CC(c1ccccc1)C(C)(C)/C=C/CO. The van der Waals surface area contributed by atoms with E-state index in [-0.39, 0.29) is 17.9 Å². The molecule has 0 aliphatic rings. The van der Waals surface area contributed by atoms with E-state index >= 15 is 0 Å². The molecule has 0 radical (unpaired) electrons. The van der Waals surface area contributed by atoms with Crippen LogP contribution in [0.4, 0.5) is 0 Å². The van der Waals surface area contributed by atoms with Gasteiger partial charge in [0.15, 0.2) is 0 Å². The lowest BCUT2D eigenvalue weighted by atomic mass is 9.75. The van der Waals surface area contributed by atoms with Gasteiger partial charge in [0.05, 0.1) is 6.61 Å². The van der Waals surface area contributed by atoms with Crippen molar-refractivity contribution in [3.8, 4) is 0 Å². The molecule has 1 unspecified atom stereocenters. The quantitative estimate of drug-likeness (QED) is 0.746. The van der Waals surface area contributed by atoms with Crippen molar-refractivity contribution in [3.63, 3.8) is 0 Å². The van der Waals surface area contributed by atoms with Gasteiger partial charge in [-0.3, -0.25) is 0 Å². The molecule has 0 saturated carbocycles. The molecule has 1 N–H and O–H groups in total. The van der Waals surface area contributed by atoms with Gasteiger partial charge in [0, 0.05) is 5.92 Å². The van der Waals surface area contributed by atoms with Crippen LogP contribution in [0.3, 0.4) is 0 Å². The molecule has 1 nitrogen and oxygen atoms in total. The fourth-order valence-electron chi connectivity index (χ4n) is 1.99. The third kappa shape index (κ3) is 3.07. The van der Waals surface area contributed by atoms with Crippen LogP contribution in [0.5, 0.6) is 0 Å². The average molecular weight is 216 g/mol. The highest BCUT2D eigenvalue weighted by Crippen LogP contribution is 2.37. The number of aliphatic hydroxyl groups excluding tert-OH is 1. The van der Waals surface area contributed by atoms with Crippen molar-refractivity contribution in [3.05, 3.63) is 60.7 Å². The Bertz CT molecular complexity index is 349. The van der Waals surface area contributed by atoms with Crippen LogP contribution in [-0.4, -0.2) is 11.7 Å². The van der Waals surface area contributed by atoms with Gasteiger partial charge in [-0.15, -0.1) is 6.58 Å². The van der Waals surface area contributed by atoms with E-state index in [2.05, 4.69) is 32.6 Å². The van der Waals surface area contributed by atoms with Crippen LogP contribution in [0.25, 0.3) is 0 Å². The Morgan fingerprint density at radius 2 is 1.94 bits per heavy atom. The summed E-state index contributed by atoms with van der Waals surface area (Å²) in [6.07, 6.45) is 5.81. The molecule has 1 aromatic carbocycles. The van der Waals surface area contributed by atoms with Gasteiger partial charge in [0.2, 0.25) is 0 Å². The topological polar surface area (TPSA) is 20.2 Å². The Labute approximate surface area is 98.1 Å². The third-order valence-electron chi connectivity index (χ3n) is 2.85. The maximum atomic E-state index is 8.84. The number of aliphatic hydroxyl groups is 1. The van der Waals surface area contributed by atoms with Crippen molar-refractivity contribution in [2.75, 3.05) is 6.61 Å². The normalized spacial score (nSPS) is 13.9. The minimum Gasteiger partial charge on any atom is -0.392 e. The van der Waals surface area contributed by atoms with Crippen molar-refractivity contribution in [2.24, 2.45) is 5.41 Å². The number of hydrogen-bond acceptors (Lipinski definition) is 1. The number of benzene rings is 1. The van der Waals surface area contributed by atoms with E-state index in [1.807, 2.05) is 30.4 Å². The molecule has 0 aliphatic heterocycles. The van der Waals surface area contributed by atoms with Crippen molar-refractivity contribution >= 4 is 0 Å². The fraction of sp³-hybridized carbons (Fsp3) is 0.333. The largest absolute Gasteiger partial charge is 0.392 e. The first-order valence-corrected chi connectivity index (χ1v) is 5.58. The highest BCUT2D eigenvalue weighted by Gasteiger charge is 2.25. The molecule has 1 aromatic rings. The smallest absolute Gasteiger partial charge is 0.0612 e. The summed E-state index contributed by atoms with van der Waals surface area (Å²) in [5.74, 6) is 0.261. The summed E-state index contributed by atoms with van der Waals surface area (Å²) >= 11 is 0. The summed E-state index contributed by atoms with van der Waals surface area (Å²) in [4.78, 5) is 0. The van der Waals surface area contributed by atoms with Gasteiger partial charge in [0.1, 0.15) is 0 Å². The number of hydrogen-bond donors (Lipinski definition) is 1. The first kappa shape index (κ1) is 12.7. The van der Waals surface area contributed by atoms with Gasteiger partial charge in [-0.25, -0.2) is 0 Å². The van der Waals surface area contributed by atoms with Gasteiger partial charge in [-0.1, -0.05) is 62.4 Å². The van der Waals surface area contributed by atoms with Crippen molar-refractivity contribution in [2.45, 2.75) is 19.8 Å². The molecule has 0 amide bonds. The van der Waals surface area contributed by atoms with E-state index < -0.39 is 0 Å². The fourth-order valence-corrected chi connectivity index (χ4v) is 1.99. The molecule has 0 heterocycles. The number of allylic oxidation sites excluding steroid dienone is 2. The van der Waals surface area contributed by atoms with Crippen LogP contribution < -0.4 is 0 Å². The number of rotatable bonds is 5. The van der Waals surface area contributed by atoms with Crippen molar-refractivity contribution in [1.82, 2.24) is 0 Å². The van der Waals surface area contributed by atoms with E-state index in [1.54, 1.807) is 6.08 Å². The summed E-state index contributed by atoms with van der Waals surface area (Å²) in [6.45, 7) is 8.30. The lowest BCUT2D eigenvalue weighted by Gasteiger charge is -2.29. The molecule has 0 aromatic heterocycles. The highest BCUT2D eigenvalue weighted by atomic mass is 16.2. The van der Waals surface area contributed by atoms with E-state index in [9.17, 15) is 0 Å². The summed E-state index contributed by atoms with van der Waals surface area (Å²) in [5.41, 5.74) is 1.22. The predicted octanol–water partition coefficient (Wildman–Crippen LogP) is 3.53. The van der Waals surface area contributed by atoms with Crippen LogP contribution in [0.2, 0.25) is 0 Å². The Morgan fingerprint density at radius 1 is 1.31 bits per heavy atom. The third-order valence-corrected chi connectivity index (χ3v) is 2.85. The standard InChI is InChI=1S/C15H20O/c1-4-14(13-9-6-5-7-10-13)15(2,3)11-8-12-16/h4-11,14,16H,1,12H2,2-3H3/b11-8+. The van der Waals surface area contributed by atoms with Crippen LogP contribution in [0.15, 0.2) is 55.1 Å². The zero-order valence-corrected chi connectivity index (χ0v) is 10.1. The van der Waals surface area contributed by atoms with Crippen LogP contribution in [0.1, 0.15) is 25.3 Å². The zero-order valence-electron chi connectivity index (χ0n) is 10.1. The molecule has 0 spiro atoms. The van der Waals surface area contributed by atoms with Crippen molar-refractivity contribution < 1.29 is 5.11 Å². The monoisotopic (exact) mass is 216 g/mol. The minimum atomic E-state index is -0.0359. The van der Waals surface area contributed by atoms with Crippen LogP contribution >= 0.6 is 0 Å². The second-order valence-corrected chi connectivity index (χ2v) is 4.53. The van der Waals surface area contributed by atoms with E-state index in [0.29, 0.717) is 0 Å². The van der Waals surface area contributed by atoms with Crippen molar-refractivity contribution in [1.29, 1.82) is 0 Å². The maximum absolute atomic E-state index is 8.84. The average Bonchev–Trinajstić information content (AvgIpc) is 2.28. The van der Waals surface area contributed by atoms with E-state index in [1.165, 1.54) is 5.56 Å². The first-order chi connectivity index (χ1) is 7.61. The van der Waals surface area contributed by atoms with E-state index in [4.69, 9.17) is 5.11 Å². The lowest BCUT2D eigenvalue weighted by Crippen LogP contribution is -2.18. The molecule has 0 bridgehead atoms. The second-order valence-electron chi connectivity index (χ2n) is 4.53. The second kappa shape index (κ2) is 5.66. The molecular weight excluding hydrogens is 196 g/mol. The molecule has 86 valence electrons. The molecular formula is C15H20O. The van der Waals surface area contributed by atoms with E-state index in [0.717, 1.165) is 0 Å². The Balaban J connectivity index is 2.98. The molecule has 0 saturated heterocycles. The van der Waals surface area contributed by atoms with Gasteiger partial charge >= 0.3 is 0 Å². The molecule has 1 rings (SSSR count). The maximum Gasteiger partial charge on any atom is 0.0612 e. The van der Waals surface area contributed by atoms with Gasteiger partial charge in [-0.2, -0.15) is 0 Å². The molecule has 0 fully saturated rings. The molecule has 16 heavy (non-hydrogen) atoms. The first-order valence-electron chi connectivity index (χ1n) is 5.58. The summed E-state index contributed by atoms with van der Waals surface area (Å²) in [7, 11) is 0. The lowest BCUT2D eigenvalue weighted by molar-refractivity contribution is 0.338. The Kier molecular flexibility index (Phi) is 4.51. The zero-order chi connectivity index (χ0) is 12.0. The summed E-state index contributed by atoms with van der Waals surface area (Å²) in [6, 6.07) is 10.3. The highest BCUT2D eigenvalue weighted by molar-refractivity contribution is 5.27. The summed E-state index contributed by atoms with van der Waals surface area (Å²) in [5, 5.41) is 8.84.